The summed E-state index contributed by atoms with van der Waals surface area (Å²) in [7, 11) is 0. The lowest BCUT2D eigenvalue weighted by Crippen LogP contribution is -2.44. The molecule has 1 aliphatic rings. The standard InChI is InChI=1S/C22H24F3N3O2/c1-15(29)26-13-21(30)28-9-3-5-18(14-28)20-8-7-17(12-27-20)10-16-4-2-6-19(11-16)22(23,24)25/h2,4,6-8,11-12,18H,3,5,9-10,13-14H2,1H3,(H,26,29)/t18-/m0/s1. The van der Waals surface area contributed by atoms with Crippen molar-refractivity contribution in [2.45, 2.75) is 38.3 Å². The van der Waals surface area contributed by atoms with Crippen molar-refractivity contribution in [3.63, 3.8) is 0 Å². The summed E-state index contributed by atoms with van der Waals surface area (Å²) in [5, 5.41) is 2.52. The highest BCUT2D eigenvalue weighted by atomic mass is 19.4. The maximum atomic E-state index is 12.9. The van der Waals surface area contributed by atoms with Crippen LogP contribution in [0.1, 0.15) is 48.1 Å². The first kappa shape index (κ1) is 21.8. The molecule has 0 unspecified atom stereocenters. The number of pyridine rings is 1. The van der Waals surface area contributed by atoms with Crippen LogP contribution in [0.3, 0.4) is 0 Å². The molecule has 3 rings (SSSR count). The molecular formula is C22H24F3N3O2. The molecule has 1 saturated heterocycles. The van der Waals surface area contributed by atoms with E-state index >= 15 is 0 Å². The average Bonchev–Trinajstić information content (AvgIpc) is 2.72. The summed E-state index contributed by atoms with van der Waals surface area (Å²) in [6, 6.07) is 9.06. The van der Waals surface area contributed by atoms with Gasteiger partial charge in [0.2, 0.25) is 11.8 Å². The SMILES string of the molecule is CC(=O)NCC(=O)N1CCC[C@H](c2ccc(Cc3cccc(C(F)(F)F)c3)cn2)C1. The summed E-state index contributed by atoms with van der Waals surface area (Å²) in [6.45, 7) is 2.56. The van der Waals surface area contributed by atoms with Gasteiger partial charge in [-0.15, -0.1) is 0 Å². The van der Waals surface area contributed by atoms with Crippen molar-refractivity contribution in [2.24, 2.45) is 0 Å². The summed E-state index contributed by atoms with van der Waals surface area (Å²) in [5.41, 5.74) is 1.61. The molecule has 1 atom stereocenters. The zero-order chi connectivity index (χ0) is 21.7. The topological polar surface area (TPSA) is 62.3 Å². The highest BCUT2D eigenvalue weighted by Gasteiger charge is 2.30. The maximum Gasteiger partial charge on any atom is 0.416 e. The number of amides is 2. The molecule has 2 amide bonds. The Morgan fingerprint density at radius 2 is 2.00 bits per heavy atom. The van der Waals surface area contributed by atoms with E-state index in [1.54, 1.807) is 17.2 Å². The molecule has 2 aromatic rings. The number of hydrogen-bond acceptors (Lipinski definition) is 3. The second-order valence-corrected chi connectivity index (χ2v) is 7.55. The number of hydrogen-bond donors (Lipinski definition) is 1. The maximum absolute atomic E-state index is 12.9. The van der Waals surface area contributed by atoms with Crippen molar-refractivity contribution >= 4 is 11.8 Å². The number of carbonyl (C=O) groups is 2. The van der Waals surface area contributed by atoms with Crippen LogP contribution in [0.15, 0.2) is 42.6 Å². The molecule has 0 bridgehead atoms. The number of benzene rings is 1. The van der Waals surface area contributed by atoms with E-state index in [0.29, 0.717) is 25.1 Å². The molecule has 160 valence electrons. The Balaban J connectivity index is 1.63. The number of piperidine rings is 1. The Bertz CT molecular complexity index is 897. The molecule has 0 spiro atoms. The third-order valence-electron chi connectivity index (χ3n) is 5.19. The van der Waals surface area contributed by atoms with Crippen molar-refractivity contribution < 1.29 is 22.8 Å². The van der Waals surface area contributed by atoms with Crippen molar-refractivity contribution in [3.05, 3.63) is 65.0 Å². The molecular weight excluding hydrogens is 395 g/mol. The number of alkyl halides is 3. The van der Waals surface area contributed by atoms with Crippen LogP contribution < -0.4 is 5.32 Å². The van der Waals surface area contributed by atoms with Gasteiger partial charge in [-0.1, -0.05) is 24.3 Å². The van der Waals surface area contributed by atoms with Gasteiger partial charge in [-0.25, -0.2) is 0 Å². The van der Waals surface area contributed by atoms with Crippen LogP contribution in [0.4, 0.5) is 13.2 Å². The fourth-order valence-electron chi connectivity index (χ4n) is 3.63. The van der Waals surface area contributed by atoms with Crippen molar-refractivity contribution in [1.29, 1.82) is 0 Å². The molecule has 5 nitrogen and oxygen atoms in total. The molecule has 1 fully saturated rings. The smallest absolute Gasteiger partial charge is 0.347 e. The molecule has 1 aromatic carbocycles. The van der Waals surface area contributed by atoms with E-state index in [1.165, 1.54) is 13.0 Å². The van der Waals surface area contributed by atoms with E-state index in [2.05, 4.69) is 10.3 Å². The van der Waals surface area contributed by atoms with Crippen LogP contribution >= 0.6 is 0 Å². The first-order valence-electron chi connectivity index (χ1n) is 9.85. The molecule has 0 aliphatic carbocycles. The van der Waals surface area contributed by atoms with Gasteiger partial charge in [0.25, 0.3) is 0 Å². The lowest BCUT2D eigenvalue weighted by Gasteiger charge is -2.32. The second-order valence-electron chi connectivity index (χ2n) is 7.55. The Kier molecular flexibility index (Phi) is 6.74. The summed E-state index contributed by atoms with van der Waals surface area (Å²) >= 11 is 0. The molecule has 2 heterocycles. The predicted molar refractivity (Wildman–Crippen MR) is 106 cm³/mol. The Morgan fingerprint density at radius 1 is 1.20 bits per heavy atom. The summed E-state index contributed by atoms with van der Waals surface area (Å²) in [5.74, 6) is -0.256. The number of nitrogens with one attached hydrogen (secondary N) is 1. The van der Waals surface area contributed by atoms with Gasteiger partial charge >= 0.3 is 6.18 Å². The fourth-order valence-corrected chi connectivity index (χ4v) is 3.63. The van der Waals surface area contributed by atoms with Crippen LogP contribution in [-0.2, 0) is 22.2 Å². The average molecular weight is 419 g/mol. The minimum atomic E-state index is -4.36. The minimum Gasteiger partial charge on any atom is -0.347 e. The van der Waals surface area contributed by atoms with Crippen LogP contribution in [0.25, 0.3) is 0 Å². The fraction of sp³-hybridized carbons (Fsp3) is 0.409. The number of likely N-dealkylation sites (tertiary alicyclic amines) is 1. The van der Waals surface area contributed by atoms with Crippen molar-refractivity contribution in [1.82, 2.24) is 15.2 Å². The Hall–Kier alpha value is -2.90. The van der Waals surface area contributed by atoms with E-state index in [0.717, 1.165) is 36.2 Å². The van der Waals surface area contributed by atoms with Crippen molar-refractivity contribution in [2.75, 3.05) is 19.6 Å². The van der Waals surface area contributed by atoms with E-state index < -0.39 is 11.7 Å². The Morgan fingerprint density at radius 3 is 2.67 bits per heavy atom. The largest absolute Gasteiger partial charge is 0.416 e. The lowest BCUT2D eigenvalue weighted by atomic mass is 9.93. The number of nitrogens with zero attached hydrogens (tertiary/aromatic N) is 2. The molecule has 1 aromatic heterocycles. The molecule has 1 aliphatic heterocycles. The van der Waals surface area contributed by atoms with Gasteiger partial charge in [0, 0.05) is 37.8 Å². The molecule has 0 saturated carbocycles. The van der Waals surface area contributed by atoms with E-state index in [-0.39, 0.29) is 24.3 Å². The zero-order valence-corrected chi connectivity index (χ0v) is 16.7. The highest BCUT2D eigenvalue weighted by Crippen LogP contribution is 2.30. The number of carbonyl (C=O) groups excluding carboxylic acids is 2. The quantitative estimate of drug-likeness (QED) is 0.807. The second kappa shape index (κ2) is 9.28. The van der Waals surface area contributed by atoms with Crippen molar-refractivity contribution in [3.8, 4) is 0 Å². The summed E-state index contributed by atoms with van der Waals surface area (Å²) in [4.78, 5) is 29.5. The normalized spacial score (nSPS) is 16.9. The van der Waals surface area contributed by atoms with Crippen LogP contribution in [-0.4, -0.2) is 41.3 Å². The Labute approximate surface area is 173 Å². The summed E-state index contributed by atoms with van der Waals surface area (Å²) in [6.07, 6.45) is -0.548. The van der Waals surface area contributed by atoms with Gasteiger partial charge in [0.05, 0.1) is 12.1 Å². The first-order valence-corrected chi connectivity index (χ1v) is 9.85. The summed E-state index contributed by atoms with van der Waals surface area (Å²) < 4.78 is 38.6. The monoisotopic (exact) mass is 419 g/mol. The van der Waals surface area contributed by atoms with Gasteiger partial charge in [0.1, 0.15) is 0 Å². The molecule has 0 radical (unpaired) electrons. The predicted octanol–water partition coefficient (Wildman–Crippen LogP) is 3.53. The lowest BCUT2D eigenvalue weighted by molar-refractivity contribution is -0.137. The van der Waals surface area contributed by atoms with E-state index in [1.807, 2.05) is 12.1 Å². The van der Waals surface area contributed by atoms with Crippen LogP contribution in [0.5, 0.6) is 0 Å². The molecule has 8 heteroatoms. The van der Waals surface area contributed by atoms with E-state index in [4.69, 9.17) is 0 Å². The number of rotatable bonds is 5. The highest BCUT2D eigenvalue weighted by molar-refractivity contribution is 5.83. The van der Waals surface area contributed by atoms with Gasteiger partial charge in [-0.05, 0) is 42.5 Å². The third kappa shape index (κ3) is 5.81. The third-order valence-corrected chi connectivity index (χ3v) is 5.19. The van der Waals surface area contributed by atoms with E-state index in [9.17, 15) is 22.8 Å². The molecule has 30 heavy (non-hydrogen) atoms. The number of halogens is 3. The van der Waals surface area contributed by atoms with Crippen LogP contribution in [0.2, 0.25) is 0 Å². The molecule has 1 N–H and O–H groups in total. The van der Waals surface area contributed by atoms with Crippen LogP contribution in [0, 0.1) is 0 Å². The number of aromatic nitrogens is 1. The zero-order valence-electron chi connectivity index (χ0n) is 16.7. The van der Waals surface area contributed by atoms with Gasteiger partial charge in [-0.3, -0.25) is 14.6 Å². The minimum absolute atomic E-state index is 0.00852. The first-order chi connectivity index (χ1) is 14.2. The van der Waals surface area contributed by atoms with Gasteiger partial charge < -0.3 is 10.2 Å². The van der Waals surface area contributed by atoms with Gasteiger partial charge in [-0.2, -0.15) is 13.2 Å². The van der Waals surface area contributed by atoms with Gasteiger partial charge in [0.15, 0.2) is 0 Å².